The minimum Gasteiger partial charge on any atom is -0.436 e. The third-order valence-electron chi connectivity index (χ3n) is 1.97. The van der Waals surface area contributed by atoms with Crippen LogP contribution in [-0.4, -0.2) is 16.2 Å². The normalized spacial score (nSPS) is 10.1. The van der Waals surface area contributed by atoms with Gasteiger partial charge in [-0.3, -0.25) is 4.79 Å². The molecule has 0 saturated heterocycles. The highest BCUT2D eigenvalue weighted by Gasteiger charge is 2.08. The topological polar surface area (TPSA) is 61.3 Å². The summed E-state index contributed by atoms with van der Waals surface area (Å²) >= 11 is 11.5. The highest BCUT2D eigenvalue weighted by atomic mass is 35.5. The molecule has 7 heteroatoms. The molecule has 1 aromatic carbocycles. The highest BCUT2D eigenvalue weighted by Crippen LogP contribution is 2.29. The van der Waals surface area contributed by atoms with Crippen LogP contribution in [-0.2, 0) is 4.79 Å². The van der Waals surface area contributed by atoms with Crippen LogP contribution < -0.4 is 9.47 Å². The summed E-state index contributed by atoms with van der Waals surface area (Å²) in [4.78, 5) is 10.9. The van der Waals surface area contributed by atoms with E-state index < -0.39 is 5.97 Å². The van der Waals surface area contributed by atoms with E-state index in [9.17, 15) is 4.79 Å². The molecule has 1 aromatic heterocycles. The van der Waals surface area contributed by atoms with Gasteiger partial charge < -0.3 is 9.47 Å². The monoisotopic (exact) mass is 298 g/mol. The van der Waals surface area contributed by atoms with Crippen molar-refractivity contribution in [3.05, 3.63) is 40.5 Å². The van der Waals surface area contributed by atoms with Crippen LogP contribution in [0, 0.1) is 0 Å². The number of ether oxygens (including phenoxy) is 2. The molecule has 0 atom stereocenters. The zero-order valence-corrected chi connectivity index (χ0v) is 11.3. The summed E-state index contributed by atoms with van der Waals surface area (Å²) in [6.07, 6.45) is 0. The van der Waals surface area contributed by atoms with Gasteiger partial charge >= 0.3 is 5.97 Å². The molecular formula is C12H8Cl2N2O3. The van der Waals surface area contributed by atoms with Crippen LogP contribution in [0.4, 0.5) is 0 Å². The van der Waals surface area contributed by atoms with Crippen LogP contribution in [0.2, 0.25) is 10.2 Å². The lowest BCUT2D eigenvalue weighted by molar-refractivity contribution is -0.131. The van der Waals surface area contributed by atoms with E-state index in [-0.39, 0.29) is 16.1 Å². The van der Waals surface area contributed by atoms with E-state index in [1.165, 1.54) is 19.1 Å². The molecule has 98 valence electrons. The Morgan fingerprint density at radius 1 is 1.16 bits per heavy atom. The number of rotatable bonds is 3. The zero-order valence-electron chi connectivity index (χ0n) is 9.76. The van der Waals surface area contributed by atoms with E-state index in [1.807, 2.05) is 0 Å². The standard InChI is InChI=1S/C12H8Cl2N2O3/c1-7(17)18-8-3-2-4-9(5-8)19-12-10(13)6-11(14)15-16-12/h2-6H,1H3. The molecule has 5 nitrogen and oxygen atoms in total. The Balaban J connectivity index is 2.21. The second-order valence-electron chi connectivity index (χ2n) is 3.49. The molecule has 0 radical (unpaired) electrons. The first-order chi connectivity index (χ1) is 9.04. The first kappa shape index (κ1) is 13.6. The minimum atomic E-state index is -0.415. The summed E-state index contributed by atoms with van der Waals surface area (Å²) in [6.45, 7) is 1.31. The van der Waals surface area contributed by atoms with Gasteiger partial charge in [-0.25, -0.2) is 0 Å². The molecule has 0 aliphatic carbocycles. The molecule has 19 heavy (non-hydrogen) atoms. The van der Waals surface area contributed by atoms with Crippen molar-refractivity contribution in [1.29, 1.82) is 0 Å². The molecule has 0 aliphatic rings. The van der Waals surface area contributed by atoms with Gasteiger partial charge in [0, 0.05) is 19.1 Å². The van der Waals surface area contributed by atoms with E-state index in [4.69, 9.17) is 32.7 Å². The Hall–Kier alpha value is -1.85. The van der Waals surface area contributed by atoms with Gasteiger partial charge in [0.05, 0.1) is 0 Å². The molecule has 2 rings (SSSR count). The number of halogens is 2. The fourth-order valence-electron chi connectivity index (χ4n) is 1.28. The number of aromatic nitrogens is 2. The van der Waals surface area contributed by atoms with E-state index >= 15 is 0 Å². The van der Waals surface area contributed by atoms with Gasteiger partial charge in [0.15, 0.2) is 5.15 Å². The number of nitrogens with zero attached hydrogens (tertiary/aromatic N) is 2. The van der Waals surface area contributed by atoms with Gasteiger partial charge in [-0.1, -0.05) is 29.3 Å². The predicted octanol–water partition coefficient (Wildman–Crippen LogP) is 3.50. The SMILES string of the molecule is CC(=O)Oc1cccc(Oc2nnc(Cl)cc2Cl)c1. The molecule has 0 fully saturated rings. The molecule has 0 saturated carbocycles. The van der Waals surface area contributed by atoms with Crippen molar-refractivity contribution in [2.24, 2.45) is 0 Å². The average Bonchev–Trinajstić information content (AvgIpc) is 2.32. The molecule has 0 bridgehead atoms. The fourth-order valence-corrected chi connectivity index (χ4v) is 1.67. The van der Waals surface area contributed by atoms with Gasteiger partial charge in [-0.15, -0.1) is 10.2 Å². The van der Waals surface area contributed by atoms with Crippen molar-refractivity contribution in [2.75, 3.05) is 0 Å². The number of esters is 1. The quantitative estimate of drug-likeness (QED) is 0.641. The number of carbonyl (C=O) groups excluding carboxylic acids is 1. The van der Waals surface area contributed by atoms with Crippen molar-refractivity contribution in [1.82, 2.24) is 10.2 Å². The first-order valence-corrected chi connectivity index (χ1v) is 5.95. The van der Waals surface area contributed by atoms with Crippen molar-refractivity contribution < 1.29 is 14.3 Å². The maximum atomic E-state index is 10.9. The second kappa shape index (κ2) is 5.86. The average molecular weight is 299 g/mol. The summed E-state index contributed by atoms with van der Waals surface area (Å²) in [5.41, 5.74) is 0. The van der Waals surface area contributed by atoms with Gasteiger partial charge in [-0.2, -0.15) is 0 Å². The number of carbonyl (C=O) groups is 1. The van der Waals surface area contributed by atoms with Crippen LogP contribution in [0.15, 0.2) is 30.3 Å². The van der Waals surface area contributed by atoms with Crippen LogP contribution in [0.3, 0.4) is 0 Å². The van der Waals surface area contributed by atoms with Crippen LogP contribution >= 0.6 is 23.2 Å². The van der Waals surface area contributed by atoms with Crippen LogP contribution in [0.25, 0.3) is 0 Å². The number of hydrogen-bond acceptors (Lipinski definition) is 5. The molecule has 0 amide bonds. The lowest BCUT2D eigenvalue weighted by Crippen LogP contribution is -2.01. The minimum absolute atomic E-state index is 0.117. The Bertz CT molecular complexity index is 620. The van der Waals surface area contributed by atoms with Crippen molar-refractivity contribution >= 4 is 29.2 Å². The summed E-state index contributed by atoms with van der Waals surface area (Å²) in [5.74, 6) is 0.479. The molecular weight excluding hydrogens is 291 g/mol. The highest BCUT2D eigenvalue weighted by molar-refractivity contribution is 6.34. The molecule has 0 unspecified atom stereocenters. The van der Waals surface area contributed by atoms with E-state index in [0.29, 0.717) is 11.5 Å². The second-order valence-corrected chi connectivity index (χ2v) is 4.29. The molecule has 0 N–H and O–H groups in total. The maximum Gasteiger partial charge on any atom is 0.308 e. The van der Waals surface area contributed by atoms with Crippen molar-refractivity contribution in [2.45, 2.75) is 6.92 Å². The smallest absolute Gasteiger partial charge is 0.308 e. The van der Waals surface area contributed by atoms with E-state index in [2.05, 4.69) is 10.2 Å². The Morgan fingerprint density at radius 2 is 1.89 bits per heavy atom. The van der Waals surface area contributed by atoms with Crippen LogP contribution in [0.1, 0.15) is 6.92 Å². The molecule has 0 aliphatic heterocycles. The summed E-state index contributed by atoms with van der Waals surface area (Å²) in [5, 5.41) is 7.75. The Kier molecular flexibility index (Phi) is 4.19. The molecule has 1 heterocycles. The van der Waals surface area contributed by atoms with Crippen molar-refractivity contribution in [3.8, 4) is 17.4 Å². The predicted molar refractivity (Wildman–Crippen MR) is 69.9 cm³/mol. The summed E-state index contributed by atoms with van der Waals surface area (Å²) in [6, 6.07) is 7.92. The largest absolute Gasteiger partial charge is 0.436 e. The Labute approximate surface area is 119 Å². The third-order valence-corrected chi connectivity index (χ3v) is 2.42. The van der Waals surface area contributed by atoms with Gasteiger partial charge in [-0.05, 0) is 12.1 Å². The first-order valence-electron chi connectivity index (χ1n) is 5.19. The van der Waals surface area contributed by atoms with Crippen molar-refractivity contribution in [3.63, 3.8) is 0 Å². The molecule has 2 aromatic rings. The van der Waals surface area contributed by atoms with Gasteiger partial charge in [0.2, 0.25) is 0 Å². The summed E-state index contributed by atoms with van der Waals surface area (Å²) < 4.78 is 10.4. The summed E-state index contributed by atoms with van der Waals surface area (Å²) in [7, 11) is 0. The van der Waals surface area contributed by atoms with Gasteiger partial charge in [0.1, 0.15) is 16.5 Å². The zero-order chi connectivity index (χ0) is 13.8. The lowest BCUT2D eigenvalue weighted by atomic mass is 10.3. The molecule has 0 spiro atoms. The Morgan fingerprint density at radius 3 is 2.58 bits per heavy atom. The fraction of sp³-hybridized carbons (Fsp3) is 0.0833. The number of hydrogen-bond donors (Lipinski definition) is 0. The maximum absolute atomic E-state index is 10.9. The lowest BCUT2D eigenvalue weighted by Gasteiger charge is -2.07. The van der Waals surface area contributed by atoms with Gasteiger partial charge in [0.25, 0.3) is 5.88 Å². The van der Waals surface area contributed by atoms with E-state index in [0.717, 1.165) is 0 Å². The third kappa shape index (κ3) is 3.81. The van der Waals surface area contributed by atoms with E-state index in [1.54, 1.807) is 18.2 Å². The number of benzene rings is 1. The van der Waals surface area contributed by atoms with Crippen LogP contribution in [0.5, 0.6) is 17.4 Å².